The Morgan fingerprint density at radius 1 is 1.18 bits per heavy atom. The predicted octanol–water partition coefficient (Wildman–Crippen LogP) is 4.80. The van der Waals surface area contributed by atoms with E-state index in [1.165, 1.54) is 0 Å². The second-order valence-corrected chi connectivity index (χ2v) is 5.91. The van der Waals surface area contributed by atoms with Gasteiger partial charge in [0.05, 0.1) is 23.7 Å². The molecule has 0 radical (unpaired) electrons. The van der Waals surface area contributed by atoms with Gasteiger partial charge in [0.1, 0.15) is 5.75 Å². The van der Waals surface area contributed by atoms with Crippen LogP contribution in [0, 0.1) is 6.92 Å². The molecule has 3 nitrogen and oxygen atoms in total. The van der Waals surface area contributed by atoms with Crippen LogP contribution in [0.2, 0.25) is 10.0 Å². The van der Waals surface area contributed by atoms with E-state index in [4.69, 9.17) is 27.9 Å². The van der Waals surface area contributed by atoms with Crippen LogP contribution >= 0.6 is 23.2 Å². The largest absolute Gasteiger partial charge is 0.496 e. The van der Waals surface area contributed by atoms with Gasteiger partial charge in [0.2, 0.25) is 0 Å². The molecule has 116 valence electrons. The Bertz CT molecular complexity index is 701. The van der Waals surface area contributed by atoms with Gasteiger partial charge in [0.15, 0.2) is 0 Å². The van der Waals surface area contributed by atoms with Crippen LogP contribution in [-0.4, -0.2) is 13.0 Å². The van der Waals surface area contributed by atoms with E-state index in [1.807, 2.05) is 32.0 Å². The number of methoxy groups -OCH3 is 1. The number of benzene rings is 2. The quantitative estimate of drug-likeness (QED) is 0.869. The normalized spacial score (nSPS) is 11.9. The lowest BCUT2D eigenvalue weighted by molar-refractivity contribution is 0.0939. The molecular weight excluding hydrogens is 321 g/mol. The molecule has 0 saturated heterocycles. The summed E-state index contributed by atoms with van der Waals surface area (Å²) in [5, 5.41) is 3.75. The van der Waals surface area contributed by atoms with Crippen molar-refractivity contribution in [2.75, 3.05) is 7.11 Å². The minimum Gasteiger partial charge on any atom is -0.496 e. The van der Waals surface area contributed by atoms with E-state index in [1.54, 1.807) is 25.3 Å². The molecule has 1 N–H and O–H groups in total. The van der Waals surface area contributed by atoms with Gasteiger partial charge >= 0.3 is 0 Å². The Hall–Kier alpha value is -1.71. The van der Waals surface area contributed by atoms with Crippen molar-refractivity contribution < 1.29 is 9.53 Å². The molecule has 5 heteroatoms. The lowest BCUT2D eigenvalue weighted by Gasteiger charge is -2.18. The Morgan fingerprint density at radius 2 is 1.91 bits per heavy atom. The summed E-state index contributed by atoms with van der Waals surface area (Å²) in [6, 6.07) is 10.4. The van der Waals surface area contributed by atoms with Crippen LogP contribution in [0.15, 0.2) is 36.4 Å². The second kappa shape index (κ2) is 7.03. The van der Waals surface area contributed by atoms with Crippen LogP contribution in [0.3, 0.4) is 0 Å². The highest BCUT2D eigenvalue weighted by Crippen LogP contribution is 2.27. The van der Waals surface area contributed by atoms with Crippen LogP contribution in [0.25, 0.3) is 0 Å². The van der Waals surface area contributed by atoms with Gasteiger partial charge in [-0.25, -0.2) is 0 Å². The molecule has 0 bridgehead atoms. The van der Waals surface area contributed by atoms with Gasteiger partial charge in [-0.3, -0.25) is 4.79 Å². The van der Waals surface area contributed by atoms with Crippen LogP contribution in [0.4, 0.5) is 0 Å². The third-order valence-electron chi connectivity index (χ3n) is 3.37. The zero-order valence-electron chi connectivity index (χ0n) is 12.6. The summed E-state index contributed by atoms with van der Waals surface area (Å²) < 4.78 is 5.35. The molecule has 2 rings (SSSR count). The van der Waals surface area contributed by atoms with Gasteiger partial charge < -0.3 is 10.1 Å². The number of hydrogen-bond acceptors (Lipinski definition) is 2. The van der Waals surface area contributed by atoms with E-state index in [-0.39, 0.29) is 11.9 Å². The molecule has 22 heavy (non-hydrogen) atoms. The first-order valence-corrected chi connectivity index (χ1v) is 7.58. The molecule has 0 aliphatic rings. The minimum absolute atomic E-state index is 0.225. The first kappa shape index (κ1) is 16.7. The first-order valence-electron chi connectivity index (χ1n) is 6.83. The number of nitrogens with one attached hydrogen (secondary N) is 1. The van der Waals surface area contributed by atoms with E-state index in [2.05, 4.69) is 5.32 Å². The predicted molar refractivity (Wildman–Crippen MR) is 90.1 cm³/mol. The molecule has 0 spiro atoms. The second-order valence-electron chi connectivity index (χ2n) is 5.06. The number of carbonyl (C=O) groups excluding carboxylic acids is 1. The molecule has 0 fully saturated rings. The number of hydrogen-bond donors (Lipinski definition) is 1. The number of ether oxygens (including phenoxy) is 1. The molecule has 1 amide bonds. The van der Waals surface area contributed by atoms with Crippen LogP contribution < -0.4 is 10.1 Å². The van der Waals surface area contributed by atoms with Crippen molar-refractivity contribution in [2.45, 2.75) is 19.9 Å². The highest BCUT2D eigenvalue weighted by Gasteiger charge is 2.17. The van der Waals surface area contributed by atoms with Crippen molar-refractivity contribution in [1.29, 1.82) is 0 Å². The lowest BCUT2D eigenvalue weighted by Crippen LogP contribution is -2.27. The van der Waals surface area contributed by atoms with Gasteiger partial charge in [0, 0.05) is 10.6 Å². The Morgan fingerprint density at radius 3 is 2.59 bits per heavy atom. The third-order valence-corrected chi connectivity index (χ3v) is 3.94. The van der Waals surface area contributed by atoms with E-state index in [0.717, 1.165) is 16.9 Å². The summed E-state index contributed by atoms with van der Waals surface area (Å²) in [4.78, 5) is 12.4. The van der Waals surface area contributed by atoms with Crippen molar-refractivity contribution in [3.63, 3.8) is 0 Å². The molecule has 0 aromatic heterocycles. The van der Waals surface area contributed by atoms with Gasteiger partial charge in [-0.05, 0) is 38.1 Å². The Labute approximate surface area is 140 Å². The monoisotopic (exact) mass is 337 g/mol. The molecule has 0 saturated carbocycles. The van der Waals surface area contributed by atoms with Gasteiger partial charge in [-0.15, -0.1) is 0 Å². The van der Waals surface area contributed by atoms with Crippen molar-refractivity contribution >= 4 is 29.1 Å². The summed E-state index contributed by atoms with van der Waals surface area (Å²) in [5.74, 6) is 0.458. The summed E-state index contributed by atoms with van der Waals surface area (Å²) >= 11 is 12.0. The number of aryl methyl sites for hydroxylation is 1. The van der Waals surface area contributed by atoms with Crippen molar-refractivity contribution in [2.24, 2.45) is 0 Å². The van der Waals surface area contributed by atoms with Crippen LogP contribution in [-0.2, 0) is 0 Å². The van der Waals surface area contributed by atoms with Gasteiger partial charge in [-0.2, -0.15) is 0 Å². The summed E-state index contributed by atoms with van der Waals surface area (Å²) in [7, 11) is 1.61. The van der Waals surface area contributed by atoms with E-state index in [9.17, 15) is 4.79 Å². The molecule has 0 heterocycles. The topological polar surface area (TPSA) is 38.3 Å². The fraction of sp³-hybridized carbons (Fsp3) is 0.235. The Balaban J connectivity index is 2.25. The SMILES string of the molecule is COc1ccc(C)cc1C(C)NC(=O)c1cc(Cl)ccc1Cl. The zero-order chi connectivity index (χ0) is 16.3. The van der Waals surface area contributed by atoms with E-state index < -0.39 is 0 Å². The Kier molecular flexibility index (Phi) is 5.33. The minimum atomic E-state index is -0.274. The number of halogens is 2. The lowest BCUT2D eigenvalue weighted by atomic mass is 10.0. The highest BCUT2D eigenvalue weighted by molar-refractivity contribution is 6.35. The third kappa shape index (κ3) is 3.73. The molecule has 1 atom stereocenters. The number of rotatable bonds is 4. The maximum atomic E-state index is 12.4. The van der Waals surface area contributed by atoms with Crippen LogP contribution in [0.1, 0.15) is 34.5 Å². The van der Waals surface area contributed by atoms with Crippen molar-refractivity contribution in [1.82, 2.24) is 5.32 Å². The standard InChI is InChI=1S/C17H17Cl2NO2/c1-10-4-7-16(22-3)13(8-10)11(2)20-17(21)14-9-12(18)5-6-15(14)19/h4-9,11H,1-3H3,(H,20,21). The molecular formula is C17H17Cl2NO2. The van der Waals surface area contributed by atoms with Crippen molar-refractivity contribution in [3.8, 4) is 5.75 Å². The number of amides is 1. The number of carbonyl (C=O) groups is 1. The summed E-state index contributed by atoms with van der Waals surface area (Å²) in [6.45, 7) is 3.89. The average molecular weight is 338 g/mol. The fourth-order valence-corrected chi connectivity index (χ4v) is 2.59. The molecule has 2 aromatic rings. The molecule has 2 aromatic carbocycles. The summed E-state index contributed by atoms with van der Waals surface area (Å²) in [6.07, 6.45) is 0. The average Bonchev–Trinajstić information content (AvgIpc) is 2.49. The highest BCUT2D eigenvalue weighted by atomic mass is 35.5. The smallest absolute Gasteiger partial charge is 0.253 e. The van der Waals surface area contributed by atoms with Gasteiger partial charge in [-0.1, -0.05) is 40.9 Å². The van der Waals surface area contributed by atoms with E-state index in [0.29, 0.717) is 15.6 Å². The summed E-state index contributed by atoms with van der Waals surface area (Å²) in [5.41, 5.74) is 2.36. The maximum Gasteiger partial charge on any atom is 0.253 e. The fourth-order valence-electron chi connectivity index (χ4n) is 2.22. The van der Waals surface area contributed by atoms with Gasteiger partial charge in [0.25, 0.3) is 5.91 Å². The zero-order valence-corrected chi connectivity index (χ0v) is 14.1. The molecule has 0 aliphatic heterocycles. The molecule has 0 aliphatic carbocycles. The van der Waals surface area contributed by atoms with E-state index >= 15 is 0 Å². The van der Waals surface area contributed by atoms with Crippen molar-refractivity contribution in [3.05, 3.63) is 63.1 Å². The van der Waals surface area contributed by atoms with Crippen LogP contribution in [0.5, 0.6) is 5.75 Å². The molecule has 1 unspecified atom stereocenters. The first-order chi connectivity index (χ1) is 10.4. The maximum absolute atomic E-state index is 12.4.